The standard InChI is InChI=1S/C23H17Cl2FN4O2/c24-17-9-15(10-18(25)22(17)31)14-3-6-19-20(11-14)29-21(12-28-19)30-23(32)27-8-7-13-1-4-16(26)5-2-13/h1-6,9-12,31H,7-8H2,(H2,27,29,30,32). The van der Waals surface area contributed by atoms with Gasteiger partial charge in [-0.1, -0.05) is 41.4 Å². The number of aromatic hydroxyl groups is 1. The number of fused-ring (bicyclic) bond motifs is 1. The van der Waals surface area contributed by atoms with E-state index in [4.69, 9.17) is 23.2 Å². The van der Waals surface area contributed by atoms with E-state index in [1.54, 1.807) is 36.4 Å². The first-order chi connectivity index (χ1) is 15.4. The summed E-state index contributed by atoms with van der Waals surface area (Å²) < 4.78 is 12.9. The van der Waals surface area contributed by atoms with Crippen molar-refractivity contribution in [1.29, 1.82) is 0 Å². The average Bonchev–Trinajstić information content (AvgIpc) is 2.78. The Bertz CT molecular complexity index is 1280. The molecule has 0 unspecified atom stereocenters. The molecule has 1 aromatic heterocycles. The second-order valence-corrected chi connectivity index (χ2v) is 7.82. The van der Waals surface area contributed by atoms with Crippen LogP contribution in [0.2, 0.25) is 10.0 Å². The molecule has 0 bridgehead atoms. The first kappa shape index (κ1) is 21.8. The Hall–Kier alpha value is -3.42. The largest absolute Gasteiger partial charge is 0.505 e. The monoisotopic (exact) mass is 470 g/mol. The molecule has 2 amide bonds. The highest BCUT2D eigenvalue weighted by atomic mass is 35.5. The van der Waals surface area contributed by atoms with Crippen LogP contribution in [-0.4, -0.2) is 27.7 Å². The Morgan fingerprint density at radius 2 is 1.69 bits per heavy atom. The zero-order valence-corrected chi connectivity index (χ0v) is 18.1. The van der Waals surface area contributed by atoms with Gasteiger partial charge in [0.25, 0.3) is 0 Å². The van der Waals surface area contributed by atoms with Crippen LogP contribution >= 0.6 is 23.2 Å². The molecule has 0 aliphatic carbocycles. The molecule has 4 aromatic rings. The maximum Gasteiger partial charge on any atom is 0.320 e. The molecule has 0 atom stereocenters. The number of carbonyl (C=O) groups excluding carboxylic acids is 1. The van der Waals surface area contributed by atoms with Gasteiger partial charge < -0.3 is 10.4 Å². The molecule has 0 saturated heterocycles. The van der Waals surface area contributed by atoms with E-state index in [9.17, 15) is 14.3 Å². The first-order valence-corrected chi connectivity index (χ1v) is 10.4. The van der Waals surface area contributed by atoms with Crippen LogP contribution in [0.4, 0.5) is 15.0 Å². The lowest BCUT2D eigenvalue weighted by Gasteiger charge is -2.09. The minimum Gasteiger partial charge on any atom is -0.505 e. The van der Waals surface area contributed by atoms with Crippen molar-refractivity contribution in [2.75, 3.05) is 11.9 Å². The third-order valence-corrected chi connectivity index (χ3v) is 5.32. The number of amides is 2. The minimum absolute atomic E-state index is 0.145. The Morgan fingerprint density at radius 1 is 0.969 bits per heavy atom. The van der Waals surface area contributed by atoms with E-state index in [-0.39, 0.29) is 27.4 Å². The van der Waals surface area contributed by atoms with Crippen LogP contribution in [0.3, 0.4) is 0 Å². The Labute approximate surface area is 193 Å². The van der Waals surface area contributed by atoms with Gasteiger partial charge in [-0.3, -0.25) is 10.3 Å². The number of urea groups is 1. The van der Waals surface area contributed by atoms with Crippen LogP contribution in [0.5, 0.6) is 5.75 Å². The fourth-order valence-corrected chi connectivity index (χ4v) is 3.60. The molecule has 0 saturated carbocycles. The lowest BCUT2D eigenvalue weighted by atomic mass is 10.0. The molecular formula is C23H17Cl2FN4O2. The summed E-state index contributed by atoms with van der Waals surface area (Å²) in [6.45, 7) is 0.380. The van der Waals surface area contributed by atoms with Crippen LogP contribution in [0.1, 0.15) is 5.56 Å². The molecule has 0 aliphatic rings. The summed E-state index contributed by atoms with van der Waals surface area (Å²) in [6.07, 6.45) is 2.04. The summed E-state index contributed by atoms with van der Waals surface area (Å²) in [5, 5.41) is 15.4. The van der Waals surface area contributed by atoms with Gasteiger partial charge >= 0.3 is 6.03 Å². The summed E-state index contributed by atoms with van der Waals surface area (Å²) >= 11 is 12.0. The van der Waals surface area contributed by atoms with Crippen molar-refractivity contribution in [3.8, 4) is 16.9 Å². The first-order valence-electron chi connectivity index (χ1n) is 9.63. The number of benzene rings is 3. The number of aromatic nitrogens is 2. The number of rotatable bonds is 5. The summed E-state index contributed by atoms with van der Waals surface area (Å²) in [5.74, 6) is -0.181. The Balaban J connectivity index is 1.45. The van der Waals surface area contributed by atoms with Gasteiger partial charge in [0, 0.05) is 6.54 Å². The number of nitrogens with zero attached hydrogens (tertiary/aromatic N) is 2. The number of nitrogens with one attached hydrogen (secondary N) is 2. The lowest BCUT2D eigenvalue weighted by molar-refractivity contribution is 0.252. The second kappa shape index (κ2) is 9.38. The molecule has 1 heterocycles. The molecule has 4 rings (SSSR count). The smallest absolute Gasteiger partial charge is 0.320 e. The highest BCUT2D eigenvalue weighted by Crippen LogP contribution is 2.36. The van der Waals surface area contributed by atoms with E-state index < -0.39 is 6.03 Å². The van der Waals surface area contributed by atoms with Crippen molar-refractivity contribution in [3.05, 3.63) is 82.2 Å². The Morgan fingerprint density at radius 3 is 2.41 bits per heavy atom. The van der Waals surface area contributed by atoms with Crippen molar-refractivity contribution in [2.45, 2.75) is 6.42 Å². The molecule has 3 N–H and O–H groups in total. The number of anilines is 1. The summed E-state index contributed by atoms with van der Waals surface area (Å²) in [7, 11) is 0. The number of carbonyl (C=O) groups is 1. The molecule has 32 heavy (non-hydrogen) atoms. The van der Waals surface area contributed by atoms with Gasteiger partial charge in [-0.2, -0.15) is 0 Å². The zero-order valence-electron chi connectivity index (χ0n) is 16.6. The van der Waals surface area contributed by atoms with Gasteiger partial charge in [-0.15, -0.1) is 0 Å². The molecule has 6 nitrogen and oxygen atoms in total. The predicted molar refractivity (Wildman–Crippen MR) is 124 cm³/mol. The van der Waals surface area contributed by atoms with E-state index >= 15 is 0 Å². The minimum atomic E-state index is -0.422. The topological polar surface area (TPSA) is 87.1 Å². The molecule has 0 fully saturated rings. The molecule has 0 spiro atoms. The second-order valence-electron chi connectivity index (χ2n) is 7.00. The van der Waals surface area contributed by atoms with Crippen LogP contribution in [0.25, 0.3) is 22.2 Å². The van der Waals surface area contributed by atoms with Crippen LogP contribution < -0.4 is 10.6 Å². The molecule has 0 radical (unpaired) electrons. The zero-order chi connectivity index (χ0) is 22.7. The fourth-order valence-electron chi connectivity index (χ4n) is 3.12. The third kappa shape index (κ3) is 5.07. The van der Waals surface area contributed by atoms with Gasteiger partial charge in [-0.05, 0) is 59.5 Å². The fraction of sp³-hybridized carbons (Fsp3) is 0.0870. The van der Waals surface area contributed by atoms with E-state index in [0.29, 0.717) is 29.6 Å². The van der Waals surface area contributed by atoms with Gasteiger partial charge in [0.15, 0.2) is 11.6 Å². The van der Waals surface area contributed by atoms with Gasteiger partial charge in [0.05, 0.1) is 27.3 Å². The van der Waals surface area contributed by atoms with E-state index in [2.05, 4.69) is 20.6 Å². The van der Waals surface area contributed by atoms with Gasteiger partial charge in [0.2, 0.25) is 0 Å². The highest BCUT2D eigenvalue weighted by molar-refractivity contribution is 6.37. The molecular weight excluding hydrogens is 454 g/mol. The maximum atomic E-state index is 12.9. The predicted octanol–water partition coefficient (Wildman–Crippen LogP) is 5.81. The van der Waals surface area contributed by atoms with E-state index in [0.717, 1.165) is 11.1 Å². The lowest BCUT2D eigenvalue weighted by Crippen LogP contribution is -2.30. The van der Waals surface area contributed by atoms with Crippen LogP contribution in [0, 0.1) is 5.82 Å². The number of hydrogen-bond donors (Lipinski definition) is 3. The molecule has 3 aromatic carbocycles. The number of phenols is 1. The van der Waals surface area contributed by atoms with Crippen molar-refractivity contribution in [1.82, 2.24) is 15.3 Å². The van der Waals surface area contributed by atoms with Gasteiger partial charge in [0.1, 0.15) is 5.82 Å². The van der Waals surface area contributed by atoms with Crippen molar-refractivity contribution in [3.63, 3.8) is 0 Å². The maximum absolute atomic E-state index is 12.9. The normalized spacial score (nSPS) is 10.8. The van der Waals surface area contributed by atoms with E-state index in [1.807, 2.05) is 6.07 Å². The molecule has 162 valence electrons. The summed E-state index contributed by atoms with van der Waals surface area (Å²) in [4.78, 5) is 21.0. The Kier molecular flexibility index (Phi) is 6.39. The van der Waals surface area contributed by atoms with Crippen molar-refractivity contribution >= 4 is 46.1 Å². The number of halogens is 3. The number of phenolic OH excluding ortho intramolecular Hbond substituents is 1. The van der Waals surface area contributed by atoms with E-state index in [1.165, 1.54) is 18.3 Å². The summed E-state index contributed by atoms with van der Waals surface area (Å²) in [6, 6.07) is 14.3. The summed E-state index contributed by atoms with van der Waals surface area (Å²) in [5.41, 5.74) is 3.60. The molecule has 9 heteroatoms. The third-order valence-electron chi connectivity index (χ3n) is 4.75. The van der Waals surface area contributed by atoms with Gasteiger partial charge in [-0.25, -0.2) is 14.2 Å². The van der Waals surface area contributed by atoms with Crippen molar-refractivity contribution in [2.24, 2.45) is 0 Å². The van der Waals surface area contributed by atoms with Crippen molar-refractivity contribution < 1.29 is 14.3 Å². The number of hydrogen-bond acceptors (Lipinski definition) is 4. The average molecular weight is 471 g/mol. The SMILES string of the molecule is O=C(NCCc1ccc(F)cc1)Nc1cnc2ccc(-c3cc(Cl)c(O)c(Cl)c3)cc2n1. The van der Waals surface area contributed by atoms with Crippen LogP contribution in [-0.2, 0) is 6.42 Å². The molecule has 0 aliphatic heterocycles. The van der Waals surface area contributed by atoms with Crippen LogP contribution in [0.15, 0.2) is 60.8 Å². The quantitative estimate of drug-likeness (QED) is 0.343. The highest BCUT2D eigenvalue weighted by Gasteiger charge is 2.10.